The Labute approximate surface area is 246 Å². The molecule has 0 spiro atoms. The van der Waals surface area contributed by atoms with Crippen LogP contribution < -0.4 is 9.46 Å². The van der Waals surface area contributed by atoms with Crippen LogP contribution in [0.4, 0.5) is 0 Å². The first-order valence-electron chi connectivity index (χ1n) is 13.9. The normalized spacial score (nSPS) is 14.8. The van der Waals surface area contributed by atoms with Crippen molar-refractivity contribution in [2.24, 2.45) is 0 Å². The van der Waals surface area contributed by atoms with Gasteiger partial charge in [0.2, 0.25) is 21.8 Å². The van der Waals surface area contributed by atoms with Gasteiger partial charge in [0, 0.05) is 49.3 Å². The molecule has 1 N–H and O–H groups in total. The summed E-state index contributed by atoms with van der Waals surface area (Å²) in [6.07, 6.45) is 4.21. The van der Waals surface area contributed by atoms with Crippen LogP contribution in [0.25, 0.3) is 10.8 Å². The van der Waals surface area contributed by atoms with E-state index in [1.165, 1.54) is 6.07 Å². The van der Waals surface area contributed by atoms with E-state index in [0.29, 0.717) is 55.5 Å². The maximum atomic E-state index is 14.0. The molecule has 2 heterocycles. The van der Waals surface area contributed by atoms with E-state index >= 15 is 0 Å². The highest BCUT2D eigenvalue weighted by Gasteiger charge is 2.32. The maximum Gasteiger partial charge on any atom is 0.241 e. The van der Waals surface area contributed by atoms with E-state index in [1.54, 1.807) is 59.6 Å². The molecule has 9 nitrogen and oxygen atoms in total. The van der Waals surface area contributed by atoms with E-state index in [1.807, 2.05) is 42.5 Å². The van der Waals surface area contributed by atoms with Crippen molar-refractivity contribution >= 4 is 32.6 Å². The first-order valence-corrected chi connectivity index (χ1v) is 15.4. The molecule has 218 valence electrons. The average Bonchev–Trinajstić information content (AvgIpc) is 3.27. The second-order valence-electron chi connectivity index (χ2n) is 10.3. The Balaban J connectivity index is 1.36. The number of rotatable bonds is 9. The van der Waals surface area contributed by atoms with E-state index in [2.05, 4.69) is 9.71 Å². The summed E-state index contributed by atoms with van der Waals surface area (Å²) in [5.74, 6) is 0.351. The number of fused-ring (bicyclic) bond motifs is 1. The highest BCUT2D eigenvalue weighted by atomic mass is 32.2. The van der Waals surface area contributed by atoms with E-state index in [0.717, 1.165) is 11.1 Å². The number of methoxy groups -OCH3 is 1. The van der Waals surface area contributed by atoms with Gasteiger partial charge in [0.15, 0.2) is 0 Å². The Kier molecular flexibility index (Phi) is 9.14. The molecule has 10 heteroatoms. The summed E-state index contributed by atoms with van der Waals surface area (Å²) in [4.78, 5) is 34.6. The fourth-order valence-corrected chi connectivity index (χ4v) is 6.66. The van der Waals surface area contributed by atoms with Crippen molar-refractivity contribution < 1.29 is 22.7 Å². The zero-order valence-electron chi connectivity index (χ0n) is 23.5. The van der Waals surface area contributed by atoms with Crippen LogP contribution in [0.5, 0.6) is 5.75 Å². The predicted molar refractivity (Wildman–Crippen MR) is 160 cm³/mol. The average molecular weight is 587 g/mol. The maximum absolute atomic E-state index is 14.0. The van der Waals surface area contributed by atoms with Crippen molar-refractivity contribution in [1.29, 1.82) is 0 Å². The van der Waals surface area contributed by atoms with Crippen LogP contribution in [0.2, 0.25) is 0 Å². The van der Waals surface area contributed by atoms with Crippen LogP contribution in [-0.4, -0.2) is 74.3 Å². The fourth-order valence-electron chi connectivity index (χ4n) is 5.24. The summed E-state index contributed by atoms with van der Waals surface area (Å²) in [6.45, 7) is 1.67. The third-order valence-electron chi connectivity index (χ3n) is 7.48. The van der Waals surface area contributed by atoms with Crippen molar-refractivity contribution in [3.8, 4) is 5.75 Å². The topological polar surface area (TPSA) is 109 Å². The number of carbonyl (C=O) groups excluding carboxylic acids is 2. The zero-order chi connectivity index (χ0) is 29.5. The highest BCUT2D eigenvalue weighted by Crippen LogP contribution is 2.23. The van der Waals surface area contributed by atoms with Crippen LogP contribution >= 0.6 is 0 Å². The van der Waals surface area contributed by atoms with E-state index in [9.17, 15) is 18.0 Å². The number of hydrogen-bond donors (Lipinski definition) is 1. The Bertz CT molecular complexity index is 1640. The monoisotopic (exact) mass is 586 g/mol. The van der Waals surface area contributed by atoms with E-state index < -0.39 is 16.1 Å². The minimum absolute atomic E-state index is 0.0106. The SMILES string of the molecule is COc1ccc(C[C@H](NS(=O)(=O)c2cccc3cnccc23)C(=O)N2CCCN(C(=O)Cc3ccccc3)CC2)cc1. The minimum Gasteiger partial charge on any atom is -0.497 e. The summed E-state index contributed by atoms with van der Waals surface area (Å²) in [5, 5.41) is 1.21. The number of pyridine rings is 1. The molecule has 0 bridgehead atoms. The Morgan fingerprint density at radius 1 is 0.881 bits per heavy atom. The van der Waals surface area contributed by atoms with Gasteiger partial charge in [0.05, 0.1) is 18.4 Å². The molecule has 0 unspecified atom stereocenters. The van der Waals surface area contributed by atoms with Gasteiger partial charge in [-0.2, -0.15) is 4.72 Å². The Morgan fingerprint density at radius 2 is 1.62 bits per heavy atom. The molecule has 1 aromatic heterocycles. The number of hydrogen-bond acceptors (Lipinski definition) is 6. The standard InChI is InChI=1S/C32H34N4O5S/c1-41-27-13-11-25(12-14-27)21-29(34-42(39,40)30-10-5-9-26-23-33-16-15-28(26)30)32(38)36-18-6-17-35(19-20-36)31(37)22-24-7-3-2-4-8-24/h2-5,7-16,23,29,34H,6,17-22H2,1H3/t29-/m0/s1. The molecule has 1 saturated heterocycles. The molecule has 1 aliphatic heterocycles. The van der Waals surface area contributed by atoms with Crippen molar-refractivity contribution in [3.05, 3.63) is 102 Å². The van der Waals surface area contributed by atoms with Gasteiger partial charge in [-0.15, -0.1) is 0 Å². The van der Waals surface area contributed by atoms with Crippen LogP contribution in [0.15, 0.2) is 96.2 Å². The molecule has 0 radical (unpaired) electrons. The summed E-state index contributed by atoms with van der Waals surface area (Å²) in [6, 6.07) is 22.4. The van der Waals surface area contributed by atoms with Gasteiger partial charge >= 0.3 is 0 Å². The molecule has 4 aromatic rings. The first kappa shape index (κ1) is 29.2. The highest BCUT2D eigenvalue weighted by molar-refractivity contribution is 7.89. The Morgan fingerprint density at radius 3 is 2.38 bits per heavy atom. The third kappa shape index (κ3) is 6.95. The molecule has 3 aromatic carbocycles. The van der Waals surface area contributed by atoms with Gasteiger partial charge < -0.3 is 14.5 Å². The second kappa shape index (κ2) is 13.1. The molecular formula is C32H34N4O5S. The molecule has 0 saturated carbocycles. The smallest absolute Gasteiger partial charge is 0.241 e. The molecular weight excluding hydrogens is 552 g/mol. The minimum atomic E-state index is -4.09. The molecule has 1 fully saturated rings. The van der Waals surface area contributed by atoms with Crippen LogP contribution in [0.1, 0.15) is 17.5 Å². The Hall–Kier alpha value is -4.28. The fraction of sp³-hybridized carbons (Fsp3) is 0.281. The van der Waals surface area contributed by atoms with Gasteiger partial charge in [0.25, 0.3) is 0 Å². The second-order valence-corrected chi connectivity index (χ2v) is 12.0. The number of sulfonamides is 1. The molecule has 0 aliphatic carbocycles. The van der Waals surface area contributed by atoms with E-state index in [-0.39, 0.29) is 23.1 Å². The van der Waals surface area contributed by atoms with Gasteiger partial charge in [-0.05, 0) is 48.2 Å². The zero-order valence-corrected chi connectivity index (χ0v) is 24.3. The molecule has 1 atom stereocenters. The van der Waals surface area contributed by atoms with Crippen LogP contribution in [-0.2, 0) is 32.5 Å². The van der Waals surface area contributed by atoms with Crippen molar-refractivity contribution in [2.75, 3.05) is 33.3 Å². The number of nitrogens with one attached hydrogen (secondary N) is 1. The lowest BCUT2D eigenvalue weighted by Crippen LogP contribution is -2.50. The number of amides is 2. The summed E-state index contributed by atoms with van der Waals surface area (Å²) >= 11 is 0. The number of aromatic nitrogens is 1. The third-order valence-corrected chi connectivity index (χ3v) is 9.01. The lowest BCUT2D eigenvalue weighted by molar-refractivity contribution is -0.134. The van der Waals surface area contributed by atoms with Crippen LogP contribution in [0.3, 0.4) is 0 Å². The number of ether oxygens (including phenoxy) is 1. The largest absolute Gasteiger partial charge is 0.497 e. The number of carbonyl (C=O) groups is 2. The van der Waals surface area contributed by atoms with Gasteiger partial charge in [-0.25, -0.2) is 8.42 Å². The van der Waals surface area contributed by atoms with Gasteiger partial charge in [-0.1, -0.05) is 54.6 Å². The van der Waals surface area contributed by atoms with Gasteiger partial charge in [-0.3, -0.25) is 14.6 Å². The van der Waals surface area contributed by atoms with Crippen molar-refractivity contribution in [1.82, 2.24) is 19.5 Å². The summed E-state index contributed by atoms with van der Waals surface area (Å²) in [7, 11) is -2.51. The van der Waals surface area contributed by atoms with Crippen molar-refractivity contribution in [2.45, 2.75) is 30.2 Å². The quantitative estimate of drug-likeness (QED) is 0.322. The molecule has 2 amide bonds. The lowest BCUT2D eigenvalue weighted by Gasteiger charge is -2.27. The summed E-state index contributed by atoms with van der Waals surface area (Å²) in [5.41, 5.74) is 1.73. The molecule has 5 rings (SSSR count). The predicted octanol–water partition coefficient (Wildman–Crippen LogP) is 3.44. The first-order chi connectivity index (χ1) is 20.3. The number of nitrogens with zero attached hydrogens (tertiary/aromatic N) is 3. The number of benzene rings is 3. The van der Waals surface area contributed by atoms with Gasteiger partial charge in [0.1, 0.15) is 11.8 Å². The van der Waals surface area contributed by atoms with E-state index in [4.69, 9.17) is 4.74 Å². The van der Waals surface area contributed by atoms with Crippen molar-refractivity contribution in [3.63, 3.8) is 0 Å². The summed E-state index contributed by atoms with van der Waals surface area (Å²) < 4.78 is 35.4. The van der Waals surface area contributed by atoms with Crippen LogP contribution in [0, 0.1) is 0 Å². The molecule has 1 aliphatic rings. The lowest BCUT2D eigenvalue weighted by atomic mass is 10.1. The molecule has 42 heavy (non-hydrogen) atoms.